The van der Waals surface area contributed by atoms with Gasteiger partial charge in [-0.2, -0.15) is 0 Å². The molecule has 2 fully saturated rings. The Morgan fingerprint density at radius 3 is 2.77 bits per heavy atom. The average Bonchev–Trinajstić information content (AvgIpc) is 2.51. The summed E-state index contributed by atoms with van der Waals surface area (Å²) in [6, 6.07) is 0.517. The van der Waals surface area contributed by atoms with Crippen LogP contribution >= 0.6 is 0 Å². The lowest BCUT2D eigenvalue weighted by Gasteiger charge is -2.33. The molecule has 2 aliphatic rings. The van der Waals surface area contributed by atoms with E-state index in [1.165, 1.54) is 51.5 Å². The summed E-state index contributed by atoms with van der Waals surface area (Å²) in [5.74, 6) is 0. The molecule has 74 valence electrons. The fraction of sp³-hybridized carbons (Fsp3) is 0.900. The minimum atomic E-state index is 0.517. The van der Waals surface area contributed by atoms with Crippen molar-refractivity contribution >= 4 is 6.34 Å². The maximum Gasteiger partial charge on any atom is 0.0801 e. The Hall–Kier alpha value is -0.570. The molecule has 1 saturated heterocycles. The second-order valence-electron chi connectivity index (χ2n) is 4.44. The minimum absolute atomic E-state index is 0.517. The molecule has 3 heteroatoms. The molecule has 3 N–H and O–H groups in total. The van der Waals surface area contributed by atoms with Crippen LogP contribution in [0.15, 0.2) is 4.99 Å². The molecule has 1 saturated carbocycles. The fourth-order valence-corrected chi connectivity index (χ4v) is 2.84. The Kier molecular flexibility index (Phi) is 2.54. The van der Waals surface area contributed by atoms with Gasteiger partial charge in [-0.25, -0.2) is 0 Å². The molecule has 0 aromatic carbocycles. The van der Waals surface area contributed by atoms with E-state index < -0.39 is 0 Å². The number of hydrogen-bond donors (Lipinski definition) is 2. The third-order valence-electron chi connectivity index (χ3n) is 3.64. The van der Waals surface area contributed by atoms with Gasteiger partial charge in [0.15, 0.2) is 0 Å². The first-order valence-corrected chi connectivity index (χ1v) is 5.29. The van der Waals surface area contributed by atoms with E-state index in [2.05, 4.69) is 10.3 Å². The zero-order valence-electron chi connectivity index (χ0n) is 8.13. The van der Waals surface area contributed by atoms with Gasteiger partial charge in [0.25, 0.3) is 0 Å². The molecule has 1 atom stereocenters. The Bertz CT molecular complexity index is 194. The maximum absolute atomic E-state index is 5.32. The van der Waals surface area contributed by atoms with Gasteiger partial charge in [0.1, 0.15) is 0 Å². The summed E-state index contributed by atoms with van der Waals surface area (Å²) in [6.07, 6.45) is 8.02. The van der Waals surface area contributed by atoms with Gasteiger partial charge in [-0.3, -0.25) is 4.99 Å². The highest BCUT2D eigenvalue weighted by atomic mass is 14.9. The van der Waals surface area contributed by atoms with Crippen molar-refractivity contribution in [2.24, 2.45) is 16.1 Å². The van der Waals surface area contributed by atoms with E-state index in [1.54, 1.807) is 0 Å². The summed E-state index contributed by atoms with van der Waals surface area (Å²) in [5, 5.41) is 3.42. The SMILES string of the molecule is NC=N[C@H]1CCC2(CCNCC2)C1. The molecule has 0 amide bonds. The molecular formula is C10H19N3. The lowest BCUT2D eigenvalue weighted by atomic mass is 9.77. The predicted octanol–water partition coefficient (Wildman–Crippen LogP) is 0.896. The molecule has 13 heavy (non-hydrogen) atoms. The van der Waals surface area contributed by atoms with Crippen molar-refractivity contribution in [2.45, 2.75) is 38.1 Å². The van der Waals surface area contributed by atoms with Crippen molar-refractivity contribution in [1.29, 1.82) is 0 Å². The van der Waals surface area contributed by atoms with Crippen molar-refractivity contribution in [1.82, 2.24) is 5.32 Å². The van der Waals surface area contributed by atoms with Crippen LogP contribution in [0.2, 0.25) is 0 Å². The van der Waals surface area contributed by atoms with Crippen LogP contribution in [-0.2, 0) is 0 Å². The average molecular weight is 181 g/mol. The molecule has 0 bridgehead atoms. The lowest BCUT2D eigenvalue weighted by molar-refractivity contribution is 0.207. The molecule has 3 nitrogen and oxygen atoms in total. The quantitative estimate of drug-likeness (QED) is 0.466. The Labute approximate surface area is 79.8 Å². The van der Waals surface area contributed by atoms with Crippen molar-refractivity contribution in [3.63, 3.8) is 0 Å². The number of piperidine rings is 1. The number of rotatable bonds is 1. The van der Waals surface area contributed by atoms with E-state index in [0.717, 1.165) is 0 Å². The number of hydrogen-bond acceptors (Lipinski definition) is 2. The van der Waals surface area contributed by atoms with Gasteiger partial charge in [0.2, 0.25) is 0 Å². The van der Waals surface area contributed by atoms with Gasteiger partial charge >= 0.3 is 0 Å². The van der Waals surface area contributed by atoms with Crippen LogP contribution in [0.5, 0.6) is 0 Å². The smallest absolute Gasteiger partial charge is 0.0801 e. The number of nitrogens with one attached hydrogen (secondary N) is 1. The highest BCUT2D eigenvalue weighted by molar-refractivity contribution is 5.51. The number of aliphatic imine (C=N–C) groups is 1. The van der Waals surface area contributed by atoms with Crippen LogP contribution in [0, 0.1) is 5.41 Å². The van der Waals surface area contributed by atoms with E-state index in [0.29, 0.717) is 11.5 Å². The number of nitrogens with zero attached hydrogens (tertiary/aromatic N) is 1. The number of nitrogens with two attached hydrogens (primary N) is 1. The van der Waals surface area contributed by atoms with Crippen LogP contribution in [0.1, 0.15) is 32.1 Å². The van der Waals surface area contributed by atoms with E-state index >= 15 is 0 Å². The van der Waals surface area contributed by atoms with Crippen molar-refractivity contribution in [3.8, 4) is 0 Å². The largest absolute Gasteiger partial charge is 0.390 e. The van der Waals surface area contributed by atoms with Crippen molar-refractivity contribution in [2.75, 3.05) is 13.1 Å². The molecule has 1 heterocycles. The molecule has 2 rings (SSSR count). The first-order chi connectivity index (χ1) is 6.35. The van der Waals surface area contributed by atoms with Crippen LogP contribution in [0.4, 0.5) is 0 Å². The molecule has 0 aromatic rings. The van der Waals surface area contributed by atoms with Crippen LogP contribution in [0.25, 0.3) is 0 Å². The highest BCUT2D eigenvalue weighted by Crippen LogP contribution is 2.45. The Balaban J connectivity index is 1.94. The fourth-order valence-electron chi connectivity index (χ4n) is 2.84. The van der Waals surface area contributed by atoms with Gasteiger partial charge in [-0.1, -0.05) is 0 Å². The van der Waals surface area contributed by atoms with Gasteiger partial charge in [0.05, 0.1) is 12.4 Å². The second kappa shape index (κ2) is 3.66. The summed E-state index contributed by atoms with van der Waals surface area (Å²) < 4.78 is 0. The van der Waals surface area contributed by atoms with Gasteiger partial charge in [0, 0.05) is 0 Å². The summed E-state index contributed by atoms with van der Waals surface area (Å²) in [7, 11) is 0. The summed E-state index contributed by atoms with van der Waals surface area (Å²) in [5.41, 5.74) is 5.94. The minimum Gasteiger partial charge on any atom is -0.390 e. The van der Waals surface area contributed by atoms with E-state index in [1.807, 2.05) is 0 Å². The molecule has 1 spiro atoms. The third-order valence-corrected chi connectivity index (χ3v) is 3.64. The first-order valence-electron chi connectivity index (χ1n) is 5.29. The lowest BCUT2D eigenvalue weighted by Crippen LogP contribution is -2.35. The van der Waals surface area contributed by atoms with E-state index in [4.69, 9.17) is 5.73 Å². The van der Waals surface area contributed by atoms with Gasteiger partial charge in [-0.15, -0.1) is 0 Å². The van der Waals surface area contributed by atoms with Crippen molar-refractivity contribution < 1.29 is 0 Å². The Morgan fingerprint density at radius 1 is 1.31 bits per heavy atom. The molecule has 1 aliphatic heterocycles. The van der Waals surface area contributed by atoms with Crippen LogP contribution in [0.3, 0.4) is 0 Å². The highest BCUT2D eigenvalue weighted by Gasteiger charge is 2.39. The zero-order chi connectivity index (χ0) is 9.15. The van der Waals surface area contributed by atoms with Gasteiger partial charge in [-0.05, 0) is 50.6 Å². The summed E-state index contributed by atoms with van der Waals surface area (Å²) >= 11 is 0. The third kappa shape index (κ3) is 1.85. The first kappa shape index (κ1) is 9.00. The molecule has 1 aliphatic carbocycles. The predicted molar refractivity (Wildman–Crippen MR) is 54.9 cm³/mol. The molecular weight excluding hydrogens is 162 g/mol. The molecule has 0 aromatic heterocycles. The second-order valence-corrected chi connectivity index (χ2v) is 4.44. The summed E-state index contributed by atoms with van der Waals surface area (Å²) in [4.78, 5) is 4.31. The van der Waals surface area contributed by atoms with Crippen LogP contribution < -0.4 is 11.1 Å². The van der Waals surface area contributed by atoms with E-state index in [-0.39, 0.29) is 0 Å². The maximum atomic E-state index is 5.32. The molecule has 0 unspecified atom stereocenters. The zero-order valence-corrected chi connectivity index (χ0v) is 8.13. The van der Waals surface area contributed by atoms with Crippen molar-refractivity contribution in [3.05, 3.63) is 0 Å². The Morgan fingerprint density at radius 2 is 2.08 bits per heavy atom. The standard InChI is InChI=1S/C10H19N3/c11-8-13-9-1-2-10(7-9)3-5-12-6-4-10/h8-9,12H,1-7H2,(H2,11,13)/t9-/m0/s1. The van der Waals surface area contributed by atoms with E-state index in [9.17, 15) is 0 Å². The summed E-state index contributed by atoms with van der Waals surface area (Å²) in [6.45, 7) is 2.39. The topological polar surface area (TPSA) is 50.4 Å². The molecule has 0 radical (unpaired) electrons. The normalized spacial score (nSPS) is 33.1. The van der Waals surface area contributed by atoms with Crippen LogP contribution in [-0.4, -0.2) is 25.5 Å². The monoisotopic (exact) mass is 181 g/mol. The van der Waals surface area contributed by atoms with Gasteiger partial charge < -0.3 is 11.1 Å².